The van der Waals surface area contributed by atoms with E-state index in [1.807, 2.05) is 48.5 Å². The van der Waals surface area contributed by atoms with E-state index >= 15 is 0 Å². The van der Waals surface area contributed by atoms with E-state index in [4.69, 9.17) is 0 Å². The maximum absolute atomic E-state index is 12.1. The number of H-pyrrole nitrogens is 1. The van der Waals surface area contributed by atoms with Crippen molar-refractivity contribution in [2.75, 3.05) is 5.75 Å². The maximum atomic E-state index is 12.1. The van der Waals surface area contributed by atoms with E-state index < -0.39 is 0 Å². The van der Waals surface area contributed by atoms with Crippen LogP contribution < -0.4 is 0 Å². The van der Waals surface area contributed by atoms with Crippen LogP contribution in [-0.2, 0) is 0 Å². The molecule has 0 saturated heterocycles. The Kier molecular flexibility index (Phi) is 3.33. The zero-order chi connectivity index (χ0) is 13.1. The van der Waals surface area contributed by atoms with Crippen LogP contribution in [0.5, 0.6) is 0 Å². The number of hydrogen-bond acceptors (Lipinski definition) is 3. The molecule has 19 heavy (non-hydrogen) atoms. The molecule has 0 aliphatic rings. The summed E-state index contributed by atoms with van der Waals surface area (Å²) >= 11 is 1.56. The van der Waals surface area contributed by atoms with Gasteiger partial charge in [0.15, 0.2) is 5.78 Å². The number of aromatic nitrogens is 2. The zero-order valence-electron chi connectivity index (χ0n) is 10.2. The van der Waals surface area contributed by atoms with E-state index in [0.29, 0.717) is 5.75 Å². The average molecular weight is 268 g/mol. The standard InChI is InChI=1S/C15H12N2OS/c18-15(9-19-12-4-2-1-3-5-12)11-6-7-13-14(8-11)17-10-16-13/h1-8,10H,9H2,(H,16,17). The van der Waals surface area contributed by atoms with E-state index in [1.165, 1.54) is 0 Å². The molecule has 0 aliphatic carbocycles. The van der Waals surface area contributed by atoms with Crippen LogP contribution in [0.3, 0.4) is 0 Å². The zero-order valence-corrected chi connectivity index (χ0v) is 11.0. The molecule has 3 aromatic rings. The van der Waals surface area contributed by atoms with Crippen molar-refractivity contribution >= 4 is 28.6 Å². The molecule has 0 unspecified atom stereocenters. The number of rotatable bonds is 4. The first kappa shape index (κ1) is 12.0. The van der Waals surface area contributed by atoms with Gasteiger partial charge in [0.2, 0.25) is 0 Å². The number of ketones is 1. The van der Waals surface area contributed by atoms with Gasteiger partial charge in [-0.2, -0.15) is 0 Å². The van der Waals surface area contributed by atoms with Crippen LogP contribution in [0.2, 0.25) is 0 Å². The second-order valence-electron chi connectivity index (χ2n) is 4.16. The first-order valence-electron chi connectivity index (χ1n) is 5.97. The summed E-state index contributed by atoms with van der Waals surface area (Å²) < 4.78 is 0. The number of Topliss-reactive ketones (excluding diaryl/α,β-unsaturated/α-hetero) is 1. The highest BCUT2D eigenvalue weighted by Crippen LogP contribution is 2.19. The Labute approximate surface area is 115 Å². The Morgan fingerprint density at radius 3 is 2.84 bits per heavy atom. The number of nitrogens with zero attached hydrogens (tertiary/aromatic N) is 1. The topological polar surface area (TPSA) is 45.8 Å². The van der Waals surface area contributed by atoms with Gasteiger partial charge >= 0.3 is 0 Å². The molecule has 3 nitrogen and oxygen atoms in total. The highest BCUT2D eigenvalue weighted by atomic mass is 32.2. The summed E-state index contributed by atoms with van der Waals surface area (Å²) in [5.74, 6) is 0.578. The van der Waals surface area contributed by atoms with Crippen molar-refractivity contribution in [2.24, 2.45) is 0 Å². The van der Waals surface area contributed by atoms with Gasteiger partial charge in [-0.25, -0.2) is 4.98 Å². The monoisotopic (exact) mass is 268 g/mol. The highest BCUT2D eigenvalue weighted by Gasteiger charge is 2.08. The molecule has 0 saturated carbocycles. The van der Waals surface area contributed by atoms with Crippen molar-refractivity contribution < 1.29 is 4.79 Å². The Bertz CT molecular complexity index is 706. The second-order valence-corrected chi connectivity index (χ2v) is 5.21. The van der Waals surface area contributed by atoms with Crippen LogP contribution in [0.25, 0.3) is 11.0 Å². The number of benzene rings is 2. The largest absolute Gasteiger partial charge is 0.345 e. The van der Waals surface area contributed by atoms with Crippen molar-refractivity contribution in [3.63, 3.8) is 0 Å². The molecule has 0 aliphatic heterocycles. The molecule has 0 amide bonds. The van der Waals surface area contributed by atoms with Crippen LogP contribution in [-0.4, -0.2) is 21.5 Å². The van der Waals surface area contributed by atoms with E-state index in [1.54, 1.807) is 18.1 Å². The molecule has 2 aromatic carbocycles. The number of hydrogen-bond donors (Lipinski definition) is 1. The third-order valence-electron chi connectivity index (χ3n) is 2.86. The lowest BCUT2D eigenvalue weighted by Gasteiger charge is -2.01. The Morgan fingerprint density at radius 1 is 1.16 bits per heavy atom. The van der Waals surface area contributed by atoms with Crippen molar-refractivity contribution in [3.05, 3.63) is 60.4 Å². The van der Waals surface area contributed by atoms with E-state index in [-0.39, 0.29) is 5.78 Å². The predicted octanol–water partition coefficient (Wildman–Crippen LogP) is 3.54. The third-order valence-corrected chi connectivity index (χ3v) is 3.87. The molecule has 1 heterocycles. The molecule has 0 fully saturated rings. The number of aromatic amines is 1. The van der Waals surface area contributed by atoms with Crippen LogP contribution in [0.1, 0.15) is 10.4 Å². The number of thioether (sulfide) groups is 1. The number of imidazole rings is 1. The quantitative estimate of drug-likeness (QED) is 0.581. The number of carbonyl (C=O) groups excluding carboxylic acids is 1. The summed E-state index contributed by atoms with van der Waals surface area (Å²) in [5.41, 5.74) is 2.50. The molecule has 3 rings (SSSR count). The lowest BCUT2D eigenvalue weighted by atomic mass is 10.1. The number of fused-ring (bicyclic) bond motifs is 1. The average Bonchev–Trinajstić information content (AvgIpc) is 2.93. The van der Waals surface area contributed by atoms with Gasteiger partial charge in [0.05, 0.1) is 23.1 Å². The molecule has 1 aromatic heterocycles. The first-order valence-corrected chi connectivity index (χ1v) is 6.96. The van der Waals surface area contributed by atoms with Gasteiger partial charge < -0.3 is 4.98 Å². The van der Waals surface area contributed by atoms with E-state index in [2.05, 4.69) is 9.97 Å². The van der Waals surface area contributed by atoms with Crippen LogP contribution in [0.15, 0.2) is 59.8 Å². The maximum Gasteiger partial charge on any atom is 0.173 e. The molecule has 1 N–H and O–H groups in total. The normalized spacial score (nSPS) is 10.7. The van der Waals surface area contributed by atoms with Crippen LogP contribution >= 0.6 is 11.8 Å². The van der Waals surface area contributed by atoms with Crippen molar-refractivity contribution in [2.45, 2.75) is 4.90 Å². The number of nitrogens with one attached hydrogen (secondary N) is 1. The van der Waals surface area contributed by atoms with Gasteiger partial charge in [0, 0.05) is 10.5 Å². The molecular formula is C15H12N2OS. The molecular weight excluding hydrogens is 256 g/mol. The van der Waals surface area contributed by atoms with Gasteiger partial charge in [0.25, 0.3) is 0 Å². The summed E-state index contributed by atoms with van der Waals surface area (Å²) in [4.78, 5) is 20.4. The predicted molar refractivity (Wildman–Crippen MR) is 77.6 cm³/mol. The first-order chi connectivity index (χ1) is 9.33. The van der Waals surface area contributed by atoms with Gasteiger partial charge in [-0.3, -0.25) is 4.79 Å². The third kappa shape index (κ3) is 2.69. The van der Waals surface area contributed by atoms with Crippen LogP contribution in [0.4, 0.5) is 0 Å². The SMILES string of the molecule is O=C(CSc1ccccc1)c1ccc2nc[nH]c2c1. The summed E-state index contributed by atoms with van der Waals surface area (Å²) in [6, 6.07) is 15.5. The fraction of sp³-hybridized carbons (Fsp3) is 0.0667. The minimum Gasteiger partial charge on any atom is -0.345 e. The van der Waals surface area contributed by atoms with Crippen molar-refractivity contribution in [1.29, 1.82) is 0 Å². The molecule has 4 heteroatoms. The Balaban J connectivity index is 1.73. The number of carbonyl (C=O) groups is 1. The molecule has 0 atom stereocenters. The van der Waals surface area contributed by atoms with Crippen molar-refractivity contribution in [1.82, 2.24) is 9.97 Å². The Morgan fingerprint density at radius 2 is 2.00 bits per heavy atom. The smallest absolute Gasteiger partial charge is 0.173 e. The molecule has 0 spiro atoms. The lowest BCUT2D eigenvalue weighted by molar-refractivity contribution is 0.102. The minimum atomic E-state index is 0.130. The van der Waals surface area contributed by atoms with Gasteiger partial charge in [-0.05, 0) is 30.3 Å². The van der Waals surface area contributed by atoms with Crippen molar-refractivity contribution in [3.8, 4) is 0 Å². The summed E-state index contributed by atoms with van der Waals surface area (Å²) in [7, 11) is 0. The Hall–Kier alpha value is -2.07. The van der Waals surface area contributed by atoms with Crippen LogP contribution in [0, 0.1) is 0 Å². The second kappa shape index (κ2) is 5.28. The van der Waals surface area contributed by atoms with Gasteiger partial charge in [0.1, 0.15) is 0 Å². The fourth-order valence-corrected chi connectivity index (χ4v) is 2.67. The molecule has 0 bridgehead atoms. The molecule has 0 radical (unpaired) electrons. The summed E-state index contributed by atoms with van der Waals surface area (Å²) in [6.45, 7) is 0. The lowest BCUT2D eigenvalue weighted by Crippen LogP contribution is -2.02. The van der Waals surface area contributed by atoms with E-state index in [9.17, 15) is 4.79 Å². The minimum absolute atomic E-state index is 0.130. The molecule has 94 valence electrons. The summed E-state index contributed by atoms with van der Waals surface area (Å²) in [5, 5.41) is 0. The highest BCUT2D eigenvalue weighted by molar-refractivity contribution is 8.00. The van der Waals surface area contributed by atoms with Gasteiger partial charge in [-0.1, -0.05) is 18.2 Å². The van der Waals surface area contributed by atoms with E-state index in [0.717, 1.165) is 21.5 Å². The van der Waals surface area contributed by atoms with Gasteiger partial charge in [-0.15, -0.1) is 11.8 Å². The summed E-state index contributed by atoms with van der Waals surface area (Å²) in [6.07, 6.45) is 1.64. The fourth-order valence-electron chi connectivity index (χ4n) is 1.86.